The van der Waals surface area contributed by atoms with Crippen molar-refractivity contribution in [3.63, 3.8) is 0 Å². The molecule has 0 bridgehead atoms. The van der Waals surface area contributed by atoms with E-state index in [2.05, 4.69) is 0 Å². The summed E-state index contributed by atoms with van der Waals surface area (Å²) in [4.78, 5) is 0. The number of hydrogen-bond donors (Lipinski definition) is 0. The first-order chi connectivity index (χ1) is 3.48. The van der Waals surface area contributed by atoms with Crippen LogP contribution in [0, 0.1) is 0 Å². The highest BCUT2D eigenvalue weighted by atomic mass is 19.3. The van der Waals surface area contributed by atoms with Gasteiger partial charge >= 0.3 is 6.11 Å². The Hall–Kier alpha value is -0.510. The molecule has 0 spiro atoms. The van der Waals surface area contributed by atoms with E-state index in [1.54, 1.807) is 0 Å². The number of alkyl halides is 2. The highest BCUT2D eigenvalue weighted by Gasteiger charge is 2.29. The van der Waals surface area contributed by atoms with Crippen LogP contribution in [0.2, 0.25) is 0 Å². The zero-order valence-corrected chi connectivity index (χ0v) is 4.12. The average Bonchev–Trinajstić information content (AvgIpc) is 1.62. The van der Waals surface area contributed by atoms with Crippen LogP contribution < -0.4 is 0 Å². The molecule has 0 aromatic rings. The summed E-state index contributed by atoms with van der Waals surface area (Å²) < 4.78 is 33.5. The quantitative estimate of drug-likeness (QED) is 0.510. The fourth-order valence-corrected chi connectivity index (χ4v) is 0.0635. The molecule has 0 saturated heterocycles. The zero-order chi connectivity index (χ0) is 6.78. The lowest BCUT2D eigenvalue weighted by atomic mass is 10.3. The van der Waals surface area contributed by atoms with Gasteiger partial charge in [0.15, 0.2) is 0 Å². The van der Waals surface area contributed by atoms with Crippen molar-refractivity contribution in [3.8, 4) is 0 Å². The number of halogens is 3. The van der Waals surface area contributed by atoms with Crippen LogP contribution in [0.3, 0.4) is 0 Å². The second-order valence-corrected chi connectivity index (χ2v) is 1.31. The van der Waals surface area contributed by atoms with Crippen LogP contribution in [0.5, 0.6) is 0 Å². The molecule has 1 radical (unpaired) electrons. The van der Waals surface area contributed by atoms with Gasteiger partial charge in [-0.1, -0.05) is 0 Å². The normalized spacial score (nSPS) is 14.4. The van der Waals surface area contributed by atoms with Crippen LogP contribution in [0.4, 0.5) is 13.2 Å². The lowest BCUT2D eigenvalue weighted by Crippen LogP contribution is -2.12. The fourth-order valence-electron chi connectivity index (χ4n) is 0.0635. The van der Waals surface area contributed by atoms with Gasteiger partial charge < -0.3 is 0 Å². The van der Waals surface area contributed by atoms with E-state index in [9.17, 15) is 18.3 Å². The molecule has 0 N–H and O–H groups in total. The topological polar surface area (TPSA) is 19.9 Å². The van der Waals surface area contributed by atoms with Gasteiger partial charge in [-0.2, -0.15) is 13.9 Å². The van der Waals surface area contributed by atoms with E-state index in [1.807, 2.05) is 0 Å². The van der Waals surface area contributed by atoms with Gasteiger partial charge in [0.1, 0.15) is 0 Å². The van der Waals surface area contributed by atoms with Crippen molar-refractivity contribution < 1.29 is 18.3 Å². The van der Waals surface area contributed by atoms with Crippen LogP contribution in [0.1, 0.15) is 6.92 Å². The molecule has 47 valence electrons. The predicted molar refractivity (Wildman–Crippen MR) is 20.5 cm³/mol. The maximum atomic E-state index is 11.3. The van der Waals surface area contributed by atoms with Gasteiger partial charge in [-0.15, -0.1) is 0 Å². The Morgan fingerprint density at radius 3 is 2.00 bits per heavy atom. The van der Waals surface area contributed by atoms with E-state index in [1.165, 1.54) is 0 Å². The molecule has 0 aliphatic rings. The first kappa shape index (κ1) is 7.49. The summed E-state index contributed by atoms with van der Waals surface area (Å²) in [6.45, 7) is 0.729. The van der Waals surface area contributed by atoms with Gasteiger partial charge in [0.25, 0.3) is 0 Å². The first-order valence-electron chi connectivity index (χ1n) is 1.84. The standard InChI is InChI=1S/C4H4F3O/c1-3(2-5)4(6,7)8/h2H,1H3/b3-2+. The Kier molecular flexibility index (Phi) is 2.03. The highest BCUT2D eigenvalue weighted by molar-refractivity contribution is 4.99. The monoisotopic (exact) mass is 125 g/mol. The van der Waals surface area contributed by atoms with Gasteiger partial charge in [-0.25, -0.2) is 4.39 Å². The molecule has 0 aliphatic carbocycles. The molecule has 0 fully saturated rings. The van der Waals surface area contributed by atoms with E-state index in [0.717, 1.165) is 6.92 Å². The fraction of sp³-hybridized carbons (Fsp3) is 0.500. The third kappa shape index (κ3) is 1.97. The van der Waals surface area contributed by atoms with Crippen molar-refractivity contribution in [2.75, 3.05) is 0 Å². The number of rotatable bonds is 1. The maximum absolute atomic E-state index is 11.3. The van der Waals surface area contributed by atoms with E-state index in [0.29, 0.717) is 0 Å². The molecule has 0 aromatic heterocycles. The summed E-state index contributed by atoms with van der Waals surface area (Å²) in [5.74, 6) is 0. The Morgan fingerprint density at radius 1 is 1.62 bits per heavy atom. The Bertz CT molecular complexity index is 102. The second kappa shape index (κ2) is 2.17. The summed E-state index contributed by atoms with van der Waals surface area (Å²) in [5, 5.41) is 9.39. The minimum Gasteiger partial charge on any atom is -0.215 e. The minimum absolute atomic E-state index is 0.396. The smallest absolute Gasteiger partial charge is 0.215 e. The highest BCUT2D eigenvalue weighted by Crippen LogP contribution is 2.19. The van der Waals surface area contributed by atoms with Crippen molar-refractivity contribution in [2.24, 2.45) is 0 Å². The summed E-state index contributed by atoms with van der Waals surface area (Å²) >= 11 is 0. The molecule has 0 amide bonds. The van der Waals surface area contributed by atoms with E-state index >= 15 is 0 Å². The summed E-state index contributed by atoms with van der Waals surface area (Å²) in [6.07, 6.45) is -4.65. The van der Waals surface area contributed by atoms with Crippen LogP contribution in [-0.2, 0) is 5.11 Å². The Balaban J connectivity index is 4.03. The van der Waals surface area contributed by atoms with Crippen molar-refractivity contribution in [3.05, 3.63) is 11.9 Å². The molecule has 8 heavy (non-hydrogen) atoms. The molecule has 1 nitrogen and oxygen atoms in total. The molecular formula is C4H4F3O. The molecule has 0 rings (SSSR count). The molecule has 0 saturated carbocycles. The number of hydrogen-bond acceptors (Lipinski definition) is 0. The molecule has 0 aromatic carbocycles. The van der Waals surface area contributed by atoms with Crippen LogP contribution in [0.25, 0.3) is 0 Å². The SMILES string of the molecule is C/C(=C\F)C([O])(F)F. The first-order valence-corrected chi connectivity index (χ1v) is 1.84. The summed E-state index contributed by atoms with van der Waals surface area (Å²) in [5.41, 5.74) is -1.10. The van der Waals surface area contributed by atoms with E-state index in [-0.39, 0.29) is 0 Å². The van der Waals surface area contributed by atoms with Gasteiger partial charge in [0, 0.05) is 0 Å². The lowest BCUT2D eigenvalue weighted by molar-refractivity contribution is -0.210. The van der Waals surface area contributed by atoms with Crippen molar-refractivity contribution in [1.82, 2.24) is 0 Å². The lowest BCUT2D eigenvalue weighted by Gasteiger charge is -2.01. The maximum Gasteiger partial charge on any atom is 0.406 e. The third-order valence-corrected chi connectivity index (χ3v) is 0.623. The molecule has 0 atom stereocenters. The molecule has 0 aliphatic heterocycles. The van der Waals surface area contributed by atoms with Gasteiger partial charge in [-0.3, -0.25) is 0 Å². The van der Waals surface area contributed by atoms with Crippen LogP contribution in [-0.4, -0.2) is 6.11 Å². The van der Waals surface area contributed by atoms with E-state index in [4.69, 9.17) is 0 Å². The Labute approximate surface area is 44.4 Å². The Morgan fingerprint density at radius 2 is 2.00 bits per heavy atom. The molecule has 4 heteroatoms. The van der Waals surface area contributed by atoms with Crippen molar-refractivity contribution in [2.45, 2.75) is 13.0 Å². The average molecular weight is 125 g/mol. The van der Waals surface area contributed by atoms with E-state index < -0.39 is 18.0 Å². The van der Waals surface area contributed by atoms with Gasteiger partial charge in [0.2, 0.25) is 0 Å². The molecule has 0 unspecified atom stereocenters. The second-order valence-electron chi connectivity index (χ2n) is 1.31. The minimum atomic E-state index is -4.26. The molecular weight excluding hydrogens is 121 g/mol. The van der Waals surface area contributed by atoms with Crippen LogP contribution in [0.15, 0.2) is 11.9 Å². The molecule has 0 heterocycles. The van der Waals surface area contributed by atoms with Gasteiger partial charge in [-0.05, 0) is 6.92 Å². The van der Waals surface area contributed by atoms with Crippen molar-refractivity contribution in [1.29, 1.82) is 0 Å². The third-order valence-electron chi connectivity index (χ3n) is 0.623. The zero-order valence-electron chi connectivity index (χ0n) is 4.12. The van der Waals surface area contributed by atoms with Crippen molar-refractivity contribution >= 4 is 0 Å². The summed E-state index contributed by atoms with van der Waals surface area (Å²) in [6, 6.07) is 0. The van der Waals surface area contributed by atoms with Crippen LogP contribution >= 0.6 is 0 Å². The largest absolute Gasteiger partial charge is 0.406 e. The van der Waals surface area contributed by atoms with Gasteiger partial charge in [0.05, 0.1) is 11.9 Å². The summed E-state index contributed by atoms with van der Waals surface area (Å²) in [7, 11) is 0. The predicted octanol–water partition coefficient (Wildman–Crippen LogP) is 1.88.